The van der Waals surface area contributed by atoms with Gasteiger partial charge in [0.25, 0.3) is 0 Å². The highest BCUT2D eigenvalue weighted by Gasteiger charge is 2.33. The van der Waals surface area contributed by atoms with Gasteiger partial charge in [-0.15, -0.1) is 0 Å². The molecule has 2 aliphatic rings. The number of aliphatic hydroxyl groups excluding tert-OH is 2. The first-order valence-electron chi connectivity index (χ1n) is 13.7. The number of fused-ring (bicyclic) bond motifs is 1. The Labute approximate surface area is 245 Å². The molecule has 1 saturated heterocycles. The van der Waals surface area contributed by atoms with Gasteiger partial charge in [-0.1, -0.05) is 29.8 Å². The van der Waals surface area contributed by atoms with Crippen molar-refractivity contribution in [2.24, 2.45) is 0 Å². The van der Waals surface area contributed by atoms with Crippen molar-refractivity contribution in [2.45, 2.75) is 49.2 Å². The summed E-state index contributed by atoms with van der Waals surface area (Å²) in [6, 6.07) is 12.7. The molecule has 0 saturated carbocycles. The highest BCUT2D eigenvalue weighted by Crippen LogP contribution is 2.32. The molecule has 2 atom stereocenters. The zero-order valence-electron chi connectivity index (χ0n) is 22.6. The first kappa shape index (κ1) is 29.6. The molecule has 13 heteroatoms. The number of aliphatic hydroxyl groups is 2. The van der Waals surface area contributed by atoms with E-state index in [2.05, 4.69) is 38.1 Å². The van der Waals surface area contributed by atoms with Crippen molar-refractivity contribution in [2.75, 3.05) is 43.6 Å². The SMILES string of the molecule is O=S(=O)(c1ccccc1Nc1nc(Nc2ccc3c(c2)CCCC(OCNCCO)C3)ncc1Cl)N1CC[C@@H](O)C1. The Kier molecular flexibility index (Phi) is 9.71. The molecule has 0 bridgehead atoms. The maximum Gasteiger partial charge on any atom is 0.245 e. The number of anilines is 4. The summed E-state index contributed by atoms with van der Waals surface area (Å²) in [6.45, 7) is 1.34. The van der Waals surface area contributed by atoms with E-state index in [-0.39, 0.29) is 41.5 Å². The minimum Gasteiger partial charge on any atom is -0.395 e. The second-order valence-corrected chi connectivity index (χ2v) is 12.5. The van der Waals surface area contributed by atoms with Gasteiger partial charge in [-0.3, -0.25) is 5.32 Å². The van der Waals surface area contributed by atoms with Crippen molar-refractivity contribution >= 4 is 44.8 Å². The molecule has 11 nitrogen and oxygen atoms in total. The third kappa shape index (κ3) is 7.33. The largest absolute Gasteiger partial charge is 0.395 e. The zero-order valence-corrected chi connectivity index (χ0v) is 24.2. The third-order valence-electron chi connectivity index (χ3n) is 7.22. The number of hydrogen-bond donors (Lipinski definition) is 5. The van der Waals surface area contributed by atoms with Crippen LogP contribution in [-0.4, -0.2) is 78.1 Å². The van der Waals surface area contributed by atoms with Crippen LogP contribution in [0, 0.1) is 0 Å². The predicted molar refractivity (Wildman–Crippen MR) is 157 cm³/mol. The summed E-state index contributed by atoms with van der Waals surface area (Å²) in [4.78, 5) is 8.92. The van der Waals surface area contributed by atoms with E-state index in [0.29, 0.717) is 31.3 Å². The van der Waals surface area contributed by atoms with Crippen molar-refractivity contribution in [3.05, 3.63) is 64.8 Å². The topological polar surface area (TPSA) is 149 Å². The number of benzene rings is 2. The molecule has 2 aromatic carbocycles. The van der Waals surface area contributed by atoms with Gasteiger partial charge in [0.05, 0.1) is 37.4 Å². The maximum atomic E-state index is 13.3. The van der Waals surface area contributed by atoms with Crippen molar-refractivity contribution < 1.29 is 23.4 Å². The molecule has 0 radical (unpaired) electrons. The van der Waals surface area contributed by atoms with Crippen LogP contribution in [0.25, 0.3) is 0 Å². The Morgan fingerprint density at radius 3 is 2.78 bits per heavy atom. The molecule has 1 fully saturated rings. The molecular weight excluding hydrogens is 568 g/mol. The molecule has 1 aliphatic carbocycles. The van der Waals surface area contributed by atoms with Gasteiger partial charge in [0.15, 0.2) is 5.82 Å². The summed E-state index contributed by atoms with van der Waals surface area (Å²) in [5.41, 5.74) is 3.64. The molecule has 3 aromatic rings. The van der Waals surface area contributed by atoms with Crippen LogP contribution in [0.1, 0.15) is 30.4 Å². The van der Waals surface area contributed by atoms with Crippen molar-refractivity contribution in [1.82, 2.24) is 19.6 Å². The van der Waals surface area contributed by atoms with E-state index in [1.165, 1.54) is 27.7 Å². The van der Waals surface area contributed by atoms with Gasteiger partial charge in [0.1, 0.15) is 9.92 Å². The standard InChI is InChI=1S/C28H35ClN6O5S/c29-24-16-31-28(32-21-9-8-20-15-23(40-18-30-11-13-36)5-3-4-19(20)14-21)34-27(24)33-25-6-1-2-7-26(25)41(38,39)35-12-10-22(37)17-35/h1-2,6-9,14,16,22-23,30,36-37H,3-5,10-13,15,17-18H2,(H2,31,32,33,34)/t22-,23?/m1/s1. The van der Waals surface area contributed by atoms with E-state index in [9.17, 15) is 13.5 Å². The van der Waals surface area contributed by atoms with Gasteiger partial charge in [0.2, 0.25) is 16.0 Å². The van der Waals surface area contributed by atoms with E-state index in [1.54, 1.807) is 18.2 Å². The molecule has 220 valence electrons. The molecule has 1 unspecified atom stereocenters. The second-order valence-electron chi connectivity index (χ2n) is 10.2. The highest BCUT2D eigenvalue weighted by molar-refractivity contribution is 7.89. The van der Waals surface area contributed by atoms with Gasteiger partial charge in [-0.2, -0.15) is 9.29 Å². The molecular formula is C28H35ClN6O5S. The molecule has 41 heavy (non-hydrogen) atoms. The number of nitrogens with zero attached hydrogens (tertiary/aromatic N) is 3. The lowest BCUT2D eigenvalue weighted by molar-refractivity contribution is 0.0341. The number of aryl methyl sites for hydroxylation is 1. The molecule has 5 rings (SSSR count). The van der Waals surface area contributed by atoms with Gasteiger partial charge in [-0.05, 0) is 67.5 Å². The second kappa shape index (κ2) is 13.4. The van der Waals surface area contributed by atoms with Crippen LogP contribution in [-0.2, 0) is 27.6 Å². The average Bonchev–Trinajstić information content (AvgIpc) is 3.31. The van der Waals surface area contributed by atoms with Crippen LogP contribution < -0.4 is 16.0 Å². The van der Waals surface area contributed by atoms with Crippen molar-refractivity contribution in [1.29, 1.82) is 0 Å². The summed E-state index contributed by atoms with van der Waals surface area (Å²) in [7, 11) is -3.83. The number of nitrogens with one attached hydrogen (secondary N) is 3. The van der Waals surface area contributed by atoms with Gasteiger partial charge >= 0.3 is 0 Å². The first-order chi connectivity index (χ1) is 19.8. The van der Waals surface area contributed by atoms with E-state index >= 15 is 0 Å². The molecule has 2 heterocycles. The van der Waals surface area contributed by atoms with Crippen molar-refractivity contribution in [3.63, 3.8) is 0 Å². The van der Waals surface area contributed by atoms with Crippen LogP contribution in [0.3, 0.4) is 0 Å². The van der Waals surface area contributed by atoms with E-state index in [1.807, 2.05) is 6.07 Å². The lowest BCUT2D eigenvalue weighted by Crippen LogP contribution is -2.30. The fourth-order valence-corrected chi connectivity index (χ4v) is 6.89. The normalized spacial score (nSPS) is 19.5. The van der Waals surface area contributed by atoms with Crippen molar-refractivity contribution in [3.8, 4) is 0 Å². The first-order valence-corrected chi connectivity index (χ1v) is 15.5. The number of aromatic nitrogens is 2. The molecule has 0 spiro atoms. The van der Waals surface area contributed by atoms with Gasteiger partial charge < -0.3 is 25.6 Å². The Hall–Kier alpha value is -2.84. The Bertz CT molecular complexity index is 1460. The summed E-state index contributed by atoms with van der Waals surface area (Å²) >= 11 is 6.41. The van der Waals surface area contributed by atoms with Crippen LogP contribution in [0.4, 0.5) is 23.1 Å². The number of sulfonamides is 1. The Balaban J connectivity index is 1.30. The molecule has 5 N–H and O–H groups in total. The maximum absolute atomic E-state index is 13.3. The number of halogens is 1. The number of ether oxygens (including phenoxy) is 1. The molecule has 1 aromatic heterocycles. The smallest absolute Gasteiger partial charge is 0.245 e. The predicted octanol–water partition coefficient (Wildman–Crippen LogP) is 3.18. The van der Waals surface area contributed by atoms with Crippen LogP contribution in [0.2, 0.25) is 5.02 Å². The zero-order chi connectivity index (χ0) is 28.8. The monoisotopic (exact) mass is 602 g/mol. The number of para-hydroxylation sites is 1. The summed E-state index contributed by atoms with van der Waals surface area (Å²) in [5.74, 6) is 0.572. The minimum atomic E-state index is -3.83. The quantitative estimate of drug-likeness (QED) is 0.126. The van der Waals surface area contributed by atoms with E-state index in [4.69, 9.17) is 21.4 Å². The molecule has 1 aliphatic heterocycles. The Morgan fingerprint density at radius 1 is 1.12 bits per heavy atom. The van der Waals surface area contributed by atoms with Crippen LogP contribution >= 0.6 is 11.6 Å². The average molecular weight is 603 g/mol. The lowest BCUT2D eigenvalue weighted by atomic mass is 10.0. The Morgan fingerprint density at radius 2 is 1.98 bits per heavy atom. The number of β-amino-alcohol motifs (C(OH)–C–C–N with tert-alkyl or cyclic N) is 1. The third-order valence-corrected chi connectivity index (χ3v) is 9.42. The number of hydrogen-bond acceptors (Lipinski definition) is 10. The molecule has 0 amide bonds. The summed E-state index contributed by atoms with van der Waals surface area (Å²) in [6.07, 6.45) is 5.04. The summed E-state index contributed by atoms with van der Waals surface area (Å²) < 4.78 is 33.8. The van der Waals surface area contributed by atoms with Crippen LogP contribution in [0.5, 0.6) is 0 Å². The van der Waals surface area contributed by atoms with E-state index in [0.717, 1.165) is 31.4 Å². The fraction of sp³-hybridized carbons (Fsp3) is 0.429. The highest BCUT2D eigenvalue weighted by atomic mass is 35.5. The lowest BCUT2D eigenvalue weighted by Gasteiger charge is -2.19. The van der Waals surface area contributed by atoms with Gasteiger partial charge in [0, 0.05) is 25.3 Å². The minimum absolute atomic E-state index is 0.0648. The van der Waals surface area contributed by atoms with Gasteiger partial charge in [-0.25, -0.2) is 13.4 Å². The van der Waals surface area contributed by atoms with Crippen LogP contribution in [0.15, 0.2) is 53.6 Å². The summed E-state index contributed by atoms with van der Waals surface area (Å²) in [5, 5.41) is 28.4. The number of rotatable bonds is 11. The fourth-order valence-electron chi connectivity index (χ4n) is 5.11. The van der Waals surface area contributed by atoms with E-state index < -0.39 is 16.1 Å².